The highest BCUT2D eigenvalue weighted by molar-refractivity contribution is 6.07. The smallest absolute Gasteiger partial charge is 0.419 e. The van der Waals surface area contributed by atoms with E-state index in [-0.39, 0.29) is 23.6 Å². The predicted molar refractivity (Wildman–Crippen MR) is 133 cm³/mol. The zero-order chi connectivity index (χ0) is 25.8. The molecule has 37 heavy (non-hydrogen) atoms. The fourth-order valence-corrected chi connectivity index (χ4v) is 4.28. The fourth-order valence-electron chi connectivity index (χ4n) is 4.28. The van der Waals surface area contributed by atoms with Gasteiger partial charge in [0.15, 0.2) is 0 Å². The van der Waals surface area contributed by atoms with Crippen LogP contribution in [0.1, 0.15) is 28.8 Å². The van der Waals surface area contributed by atoms with Gasteiger partial charge in [-0.1, -0.05) is 0 Å². The van der Waals surface area contributed by atoms with Gasteiger partial charge in [0.1, 0.15) is 12.4 Å². The second kappa shape index (κ2) is 10.5. The Morgan fingerprint density at radius 2 is 1.95 bits per heavy atom. The third-order valence-electron chi connectivity index (χ3n) is 6.19. The third-order valence-corrected chi connectivity index (χ3v) is 6.19. The number of aromatic amines is 1. The Hall–Kier alpha value is -4.12. The molecule has 5 rings (SSSR count). The summed E-state index contributed by atoms with van der Waals surface area (Å²) in [4.78, 5) is 19.6. The van der Waals surface area contributed by atoms with E-state index in [1.54, 1.807) is 30.5 Å². The van der Waals surface area contributed by atoms with Crippen LogP contribution < -0.4 is 15.2 Å². The molecule has 1 amide bonds. The van der Waals surface area contributed by atoms with E-state index in [2.05, 4.69) is 25.5 Å². The molecule has 0 aliphatic carbocycles. The minimum atomic E-state index is -4.61. The maximum absolute atomic E-state index is 13.8. The molecule has 0 spiro atoms. The number of carbonyl (C=O) groups excluding carboxylic acids is 1. The number of nitrogens with zero attached hydrogens (tertiary/aromatic N) is 4. The number of amides is 1. The molecular formula is C26H25F3N6O2. The summed E-state index contributed by atoms with van der Waals surface area (Å²) in [5.74, 6) is -0.834. The van der Waals surface area contributed by atoms with Crippen LogP contribution in [0.15, 0.2) is 67.1 Å². The molecule has 0 unspecified atom stereocenters. The molecule has 2 aromatic carbocycles. The molecule has 0 atom stereocenters. The number of fused-ring (bicyclic) bond motifs is 1. The predicted octanol–water partition coefficient (Wildman–Crippen LogP) is 5.13. The molecule has 1 aliphatic rings. The quantitative estimate of drug-likeness (QED) is 0.320. The second-order valence-corrected chi connectivity index (χ2v) is 8.74. The Morgan fingerprint density at radius 3 is 2.70 bits per heavy atom. The van der Waals surface area contributed by atoms with Gasteiger partial charge in [-0.25, -0.2) is 5.01 Å². The van der Waals surface area contributed by atoms with E-state index in [1.165, 1.54) is 29.5 Å². The number of rotatable bonds is 8. The van der Waals surface area contributed by atoms with Gasteiger partial charge in [0.25, 0.3) is 5.91 Å². The minimum absolute atomic E-state index is 0.104. The number of aromatic nitrogens is 3. The summed E-state index contributed by atoms with van der Waals surface area (Å²) in [6.07, 6.45) is 2.13. The number of likely N-dealkylation sites (tertiary alicyclic amines) is 1. The molecule has 1 fully saturated rings. The summed E-state index contributed by atoms with van der Waals surface area (Å²) in [5.41, 5.74) is 3.83. The number of halogens is 3. The van der Waals surface area contributed by atoms with Crippen molar-refractivity contribution in [1.29, 1.82) is 0 Å². The summed E-state index contributed by atoms with van der Waals surface area (Å²) in [6.45, 7) is 2.45. The first-order chi connectivity index (χ1) is 17.9. The molecule has 192 valence electrons. The molecule has 0 bridgehead atoms. The first-order valence-corrected chi connectivity index (χ1v) is 11.9. The van der Waals surface area contributed by atoms with E-state index in [0.29, 0.717) is 12.2 Å². The van der Waals surface area contributed by atoms with Crippen LogP contribution in [0.4, 0.5) is 24.5 Å². The number of alkyl halides is 3. The highest BCUT2D eigenvalue weighted by atomic mass is 19.4. The van der Waals surface area contributed by atoms with Crippen molar-refractivity contribution >= 4 is 28.2 Å². The number of H-pyrrole nitrogens is 1. The van der Waals surface area contributed by atoms with Crippen LogP contribution >= 0.6 is 0 Å². The summed E-state index contributed by atoms with van der Waals surface area (Å²) in [6, 6.07) is 11.9. The fraction of sp³-hybridized carbons (Fsp3) is 0.269. The van der Waals surface area contributed by atoms with E-state index < -0.39 is 17.6 Å². The molecule has 3 heterocycles. The second-order valence-electron chi connectivity index (χ2n) is 8.74. The maximum Gasteiger partial charge on any atom is 0.419 e. The van der Waals surface area contributed by atoms with Crippen LogP contribution in [0.5, 0.6) is 5.75 Å². The molecule has 0 saturated carbocycles. The van der Waals surface area contributed by atoms with E-state index in [1.807, 2.05) is 6.07 Å². The van der Waals surface area contributed by atoms with Crippen molar-refractivity contribution in [3.63, 3.8) is 0 Å². The Labute approximate surface area is 211 Å². The van der Waals surface area contributed by atoms with Crippen LogP contribution in [0.3, 0.4) is 0 Å². The van der Waals surface area contributed by atoms with E-state index >= 15 is 0 Å². The van der Waals surface area contributed by atoms with Gasteiger partial charge < -0.3 is 4.74 Å². The van der Waals surface area contributed by atoms with Crippen LogP contribution in [-0.4, -0.2) is 52.2 Å². The van der Waals surface area contributed by atoms with Crippen molar-refractivity contribution in [3.05, 3.63) is 78.2 Å². The van der Waals surface area contributed by atoms with Gasteiger partial charge in [0.2, 0.25) is 0 Å². The molecule has 2 aromatic heterocycles. The number of hydrogen-bond donors (Lipinski definition) is 2. The molecule has 1 saturated heterocycles. The average Bonchev–Trinajstić information content (AvgIpc) is 3.59. The van der Waals surface area contributed by atoms with Gasteiger partial charge in [-0.3, -0.25) is 25.2 Å². The van der Waals surface area contributed by atoms with E-state index in [0.717, 1.165) is 42.9 Å². The van der Waals surface area contributed by atoms with Crippen LogP contribution in [0.2, 0.25) is 0 Å². The molecule has 1 aliphatic heterocycles. The van der Waals surface area contributed by atoms with Crippen molar-refractivity contribution in [3.8, 4) is 5.75 Å². The highest BCUT2D eigenvalue weighted by Gasteiger charge is 2.35. The number of carbonyl (C=O) groups is 1. The van der Waals surface area contributed by atoms with E-state index in [4.69, 9.17) is 4.74 Å². The SMILES string of the molecule is O=C(c1cccnc1)N(Nc1ccc2cn[nH]c2c1)c1ccc(C(F)(F)F)c(OCCN2CCCC2)c1. The number of hydrazine groups is 1. The van der Waals surface area contributed by atoms with Gasteiger partial charge in [0, 0.05) is 30.4 Å². The third kappa shape index (κ3) is 5.67. The summed E-state index contributed by atoms with van der Waals surface area (Å²) >= 11 is 0. The lowest BCUT2D eigenvalue weighted by atomic mass is 10.1. The number of pyridine rings is 1. The molecule has 8 nitrogen and oxygen atoms in total. The first-order valence-electron chi connectivity index (χ1n) is 11.9. The van der Waals surface area contributed by atoms with Crippen molar-refractivity contribution < 1.29 is 22.7 Å². The van der Waals surface area contributed by atoms with Crippen molar-refractivity contribution in [2.45, 2.75) is 19.0 Å². The standard InChI is InChI=1S/C26H25F3N6O2/c27-26(28,29)22-8-7-21(15-24(22)37-13-12-34-10-1-2-11-34)35(25(36)19-4-3-9-30-16-19)33-20-6-5-18-17-31-32-23(18)14-20/h3-9,14-17,33H,1-2,10-13H2,(H,31,32). The number of benzene rings is 2. The van der Waals surface area contributed by atoms with Gasteiger partial charge in [-0.15, -0.1) is 0 Å². The molecular weight excluding hydrogens is 485 g/mol. The van der Waals surface area contributed by atoms with Crippen LogP contribution in [0.25, 0.3) is 10.9 Å². The summed E-state index contributed by atoms with van der Waals surface area (Å²) < 4.78 is 47.0. The number of hydrogen-bond acceptors (Lipinski definition) is 6. The van der Waals surface area contributed by atoms with Gasteiger partial charge in [0.05, 0.1) is 34.2 Å². The maximum atomic E-state index is 13.8. The summed E-state index contributed by atoms with van der Waals surface area (Å²) in [7, 11) is 0. The van der Waals surface area contributed by atoms with E-state index in [9.17, 15) is 18.0 Å². The number of nitrogens with one attached hydrogen (secondary N) is 2. The Morgan fingerprint density at radius 1 is 1.11 bits per heavy atom. The van der Waals surface area contributed by atoms with Crippen molar-refractivity contribution in [1.82, 2.24) is 20.1 Å². The monoisotopic (exact) mass is 510 g/mol. The largest absolute Gasteiger partial charge is 0.492 e. The molecule has 0 radical (unpaired) electrons. The molecule has 2 N–H and O–H groups in total. The highest BCUT2D eigenvalue weighted by Crippen LogP contribution is 2.39. The van der Waals surface area contributed by atoms with Crippen molar-refractivity contribution in [2.24, 2.45) is 0 Å². The average molecular weight is 511 g/mol. The van der Waals surface area contributed by atoms with Gasteiger partial charge in [-0.05, 0) is 68.4 Å². The lowest BCUT2D eigenvalue weighted by Gasteiger charge is -2.26. The van der Waals surface area contributed by atoms with Crippen molar-refractivity contribution in [2.75, 3.05) is 36.7 Å². The minimum Gasteiger partial charge on any atom is -0.492 e. The zero-order valence-electron chi connectivity index (χ0n) is 19.8. The Balaban J connectivity index is 1.48. The Bertz CT molecular complexity index is 1370. The number of anilines is 2. The molecule has 4 aromatic rings. The Kier molecular flexibility index (Phi) is 6.95. The lowest BCUT2D eigenvalue weighted by molar-refractivity contribution is -0.139. The van der Waals surface area contributed by atoms with Crippen LogP contribution in [-0.2, 0) is 6.18 Å². The van der Waals surface area contributed by atoms with Crippen LogP contribution in [0, 0.1) is 0 Å². The molecule has 11 heteroatoms. The summed E-state index contributed by atoms with van der Waals surface area (Å²) in [5, 5.41) is 8.91. The topological polar surface area (TPSA) is 86.4 Å². The lowest BCUT2D eigenvalue weighted by Crippen LogP contribution is -2.36. The number of ether oxygens (including phenoxy) is 1. The van der Waals surface area contributed by atoms with Gasteiger partial charge in [-0.2, -0.15) is 18.3 Å². The first kappa shape index (κ1) is 24.6. The normalized spacial score (nSPS) is 14.1. The van der Waals surface area contributed by atoms with Gasteiger partial charge >= 0.3 is 6.18 Å². The zero-order valence-corrected chi connectivity index (χ0v) is 19.8.